The molecule has 1 aromatic rings. The zero-order valence-corrected chi connectivity index (χ0v) is 15.8. The minimum atomic E-state index is -1.18. The number of piperazine rings is 1. The Bertz CT molecular complexity index is 606. The van der Waals surface area contributed by atoms with Crippen molar-refractivity contribution in [2.24, 2.45) is 4.99 Å². The Morgan fingerprint density at radius 1 is 1.08 bits per heavy atom. The highest BCUT2D eigenvalue weighted by molar-refractivity contribution is 7.83. The van der Waals surface area contributed by atoms with E-state index in [1.54, 1.807) is 0 Å². The molecule has 132 valence electrons. The topological polar surface area (TPSA) is 39.1 Å². The zero-order valence-electron chi connectivity index (χ0n) is 14.9. The van der Waals surface area contributed by atoms with Crippen molar-refractivity contribution in [3.63, 3.8) is 0 Å². The maximum absolute atomic E-state index is 13.0. The van der Waals surface area contributed by atoms with Gasteiger partial charge in [0, 0.05) is 26.2 Å². The normalized spacial score (nSPS) is 20.6. The van der Waals surface area contributed by atoms with Crippen molar-refractivity contribution in [2.45, 2.75) is 31.6 Å². The third-order valence-electron chi connectivity index (χ3n) is 4.83. The second kappa shape index (κ2) is 7.66. The smallest absolute Gasteiger partial charge is 0.209 e. The Hall–Kier alpha value is -1.40. The summed E-state index contributed by atoms with van der Waals surface area (Å²) >= 11 is 0. The van der Waals surface area contributed by atoms with Gasteiger partial charge in [-0.25, -0.2) is 4.21 Å². The quantitative estimate of drug-likeness (QED) is 0.837. The Balaban J connectivity index is 1.69. The molecule has 2 heterocycles. The summed E-state index contributed by atoms with van der Waals surface area (Å²) in [5.41, 5.74) is 1.28. The molecule has 0 N–H and O–H groups in total. The van der Waals surface area contributed by atoms with Crippen LogP contribution in [-0.4, -0.2) is 70.1 Å². The Labute approximate surface area is 147 Å². The molecule has 0 aliphatic carbocycles. The van der Waals surface area contributed by atoms with E-state index in [-0.39, 0.29) is 0 Å². The second-order valence-electron chi connectivity index (χ2n) is 6.68. The van der Waals surface area contributed by atoms with Crippen molar-refractivity contribution >= 4 is 16.9 Å². The van der Waals surface area contributed by atoms with Crippen LogP contribution in [0.5, 0.6) is 0 Å². The average Bonchev–Trinajstić information content (AvgIpc) is 3.11. The highest BCUT2D eigenvalue weighted by Gasteiger charge is 2.30. The van der Waals surface area contributed by atoms with Gasteiger partial charge < -0.3 is 9.80 Å². The lowest BCUT2D eigenvalue weighted by Crippen LogP contribution is -2.52. The van der Waals surface area contributed by atoms with Crippen molar-refractivity contribution in [1.82, 2.24) is 14.1 Å². The number of benzene rings is 1. The van der Waals surface area contributed by atoms with Crippen LogP contribution in [0.3, 0.4) is 0 Å². The van der Waals surface area contributed by atoms with Gasteiger partial charge in [-0.1, -0.05) is 32.9 Å². The number of rotatable bonds is 4. The third-order valence-corrected chi connectivity index (χ3v) is 6.25. The van der Waals surface area contributed by atoms with Gasteiger partial charge in [-0.2, -0.15) is 0 Å². The van der Waals surface area contributed by atoms with Gasteiger partial charge in [-0.15, -0.1) is 0 Å². The maximum atomic E-state index is 13.0. The molecule has 0 amide bonds. The predicted octanol–water partition coefficient (Wildman–Crippen LogP) is 2.14. The first-order valence-electron chi connectivity index (χ1n) is 8.91. The second-order valence-corrected chi connectivity index (χ2v) is 8.09. The van der Waals surface area contributed by atoms with E-state index in [4.69, 9.17) is 0 Å². The van der Waals surface area contributed by atoms with E-state index in [1.165, 1.54) is 5.56 Å². The van der Waals surface area contributed by atoms with Gasteiger partial charge in [0.2, 0.25) is 5.96 Å². The van der Waals surface area contributed by atoms with Gasteiger partial charge >= 0.3 is 0 Å². The van der Waals surface area contributed by atoms with E-state index in [0.29, 0.717) is 5.92 Å². The van der Waals surface area contributed by atoms with Crippen LogP contribution in [0.25, 0.3) is 0 Å². The summed E-state index contributed by atoms with van der Waals surface area (Å²) < 4.78 is 15.0. The molecule has 1 saturated heterocycles. The summed E-state index contributed by atoms with van der Waals surface area (Å²) in [4.78, 5) is 10.2. The lowest BCUT2D eigenvalue weighted by molar-refractivity contribution is 0.184. The highest BCUT2D eigenvalue weighted by atomic mass is 32.2. The van der Waals surface area contributed by atoms with Crippen LogP contribution in [0.4, 0.5) is 0 Å². The largest absolute Gasteiger partial charge is 0.339 e. The molecule has 1 aromatic carbocycles. The minimum absolute atomic E-state index is 0.492. The number of likely N-dealkylation sites (N-methyl/N-ethyl adjacent to an activating group) is 1. The van der Waals surface area contributed by atoms with Crippen LogP contribution in [0.1, 0.15) is 32.3 Å². The molecule has 2 aliphatic rings. The Kier molecular flexibility index (Phi) is 5.56. The SMILES string of the molecule is CCN1CCN(C2=NCCN2S(=O)c2ccc(C(C)C)cc2)CC1. The molecule has 2 aliphatic heterocycles. The summed E-state index contributed by atoms with van der Waals surface area (Å²) in [6.45, 7) is 13.2. The van der Waals surface area contributed by atoms with Gasteiger partial charge in [0.1, 0.15) is 0 Å². The lowest BCUT2D eigenvalue weighted by atomic mass is 10.0. The van der Waals surface area contributed by atoms with Crippen LogP contribution in [-0.2, 0) is 11.0 Å². The molecular weight excluding hydrogens is 320 g/mol. The number of hydrogen-bond acceptors (Lipinski definition) is 4. The molecule has 3 rings (SSSR count). The first-order chi connectivity index (χ1) is 11.6. The van der Waals surface area contributed by atoms with Crippen LogP contribution in [0.2, 0.25) is 0 Å². The van der Waals surface area contributed by atoms with Gasteiger partial charge in [0.25, 0.3) is 0 Å². The molecule has 1 unspecified atom stereocenters. The molecular formula is C18H28N4OS. The van der Waals surface area contributed by atoms with Crippen molar-refractivity contribution in [2.75, 3.05) is 45.8 Å². The molecule has 0 saturated carbocycles. The molecule has 0 aromatic heterocycles. The van der Waals surface area contributed by atoms with E-state index >= 15 is 0 Å². The van der Waals surface area contributed by atoms with Gasteiger partial charge in [-0.3, -0.25) is 9.30 Å². The average molecular weight is 349 g/mol. The summed E-state index contributed by atoms with van der Waals surface area (Å²) in [5.74, 6) is 1.41. The first kappa shape index (κ1) is 17.4. The van der Waals surface area contributed by atoms with Gasteiger partial charge in [0.15, 0.2) is 11.0 Å². The maximum Gasteiger partial charge on any atom is 0.209 e. The van der Waals surface area contributed by atoms with Crippen molar-refractivity contribution in [3.8, 4) is 0 Å². The molecule has 24 heavy (non-hydrogen) atoms. The molecule has 0 spiro atoms. The van der Waals surface area contributed by atoms with Gasteiger partial charge in [0.05, 0.1) is 18.0 Å². The fourth-order valence-corrected chi connectivity index (χ4v) is 4.39. The van der Waals surface area contributed by atoms with E-state index in [2.05, 4.69) is 47.7 Å². The van der Waals surface area contributed by atoms with E-state index < -0.39 is 11.0 Å². The number of hydrogen-bond donors (Lipinski definition) is 0. The van der Waals surface area contributed by atoms with Crippen molar-refractivity contribution in [3.05, 3.63) is 29.8 Å². The van der Waals surface area contributed by atoms with Gasteiger partial charge in [-0.05, 0) is 30.2 Å². The predicted molar refractivity (Wildman–Crippen MR) is 99.6 cm³/mol. The summed E-state index contributed by atoms with van der Waals surface area (Å²) in [5, 5.41) is 0. The third kappa shape index (κ3) is 3.64. The Morgan fingerprint density at radius 3 is 2.33 bits per heavy atom. The van der Waals surface area contributed by atoms with Crippen LogP contribution >= 0.6 is 0 Å². The summed E-state index contributed by atoms with van der Waals surface area (Å²) in [6, 6.07) is 8.17. The minimum Gasteiger partial charge on any atom is -0.339 e. The highest BCUT2D eigenvalue weighted by Crippen LogP contribution is 2.20. The zero-order chi connectivity index (χ0) is 17.1. The van der Waals surface area contributed by atoms with E-state index in [0.717, 1.165) is 56.7 Å². The van der Waals surface area contributed by atoms with Crippen LogP contribution < -0.4 is 0 Å². The fourth-order valence-electron chi connectivity index (χ4n) is 3.19. The molecule has 0 bridgehead atoms. The standard InChI is InChI=1S/C18H28N4OS/c1-4-20-11-13-21(14-12-20)18-19-9-10-22(18)24(23)17-7-5-16(6-8-17)15(2)3/h5-8,15H,4,9-14H2,1-3H3. The molecule has 0 radical (unpaired) electrons. The molecule has 1 fully saturated rings. The Morgan fingerprint density at radius 2 is 1.75 bits per heavy atom. The summed E-state index contributed by atoms with van der Waals surface area (Å²) in [6.07, 6.45) is 0. The lowest BCUT2D eigenvalue weighted by Gasteiger charge is -2.37. The van der Waals surface area contributed by atoms with Crippen molar-refractivity contribution in [1.29, 1.82) is 0 Å². The number of nitrogens with zero attached hydrogens (tertiary/aromatic N) is 4. The van der Waals surface area contributed by atoms with Crippen LogP contribution in [0.15, 0.2) is 34.2 Å². The fraction of sp³-hybridized carbons (Fsp3) is 0.611. The van der Waals surface area contributed by atoms with Crippen molar-refractivity contribution < 1.29 is 4.21 Å². The first-order valence-corrected chi connectivity index (χ1v) is 10.0. The number of aliphatic imine (C=N–C) groups is 1. The molecule has 1 atom stereocenters. The van der Waals surface area contributed by atoms with E-state index in [1.807, 2.05) is 16.4 Å². The van der Waals surface area contributed by atoms with E-state index in [9.17, 15) is 4.21 Å². The number of guanidine groups is 1. The molecule has 6 heteroatoms. The van der Waals surface area contributed by atoms with Crippen LogP contribution in [0, 0.1) is 0 Å². The molecule has 5 nitrogen and oxygen atoms in total. The monoisotopic (exact) mass is 348 g/mol. The summed E-state index contributed by atoms with van der Waals surface area (Å²) in [7, 11) is -1.18.